The molecule has 0 unspecified atom stereocenters. The second-order valence-corrected chi connectivity index (χ2v) is 4.12. The van der Waals surface area contributed by atoms with E-state index in [-0.39, 0.29) is 6.61 Å². The van der Waals surface area contributed by atoms with Gasteiger partial charge in [0.25, 0.3) is 10.1 Å². The molecule has 78 valence electrons. The van der Waals surface area contributed by atoms with Crippen molar-refractivity contribution in [3.05, 3.63) is 22.9 Å². The third-order valence-corrected chi connectivity index (χ3v) is 1.05. The van der Waals surface area contributed by atoms with Gasteiger partial charge in [-0.15, -0.1) is 0 Å². The van der Waals surface area contributed by atoms with E-state index in [0.717, 1.165) is 0 Å². The highest BCUT2D eigenvalue weighted by molar-refractivity contribution is 7.85. The number of hydrogen-bond donors (Lipinski definition) is 2. The lowest BCUT2D eigenvalue weighted by molar-refractivity contribution is 0.318. The van der Waals surface area contributed by atoms with Gasteiger partial charge in [0.15, 0.2) is 0 Å². The Hall–Kier alpha value is -0.430. The van der Waals surface area contributed by atoms with Gasteiger partial charge in [-0.05, 0) is 17.7 Å². The molecule has 1 aromatic heterocycles. The van der Waals surface area contributed by atoms with E-state index in [9.17, 15) is 8.42 Å². The van der Waals surface area contributed by atoms with Crippen LogP contribution in [0.15, 0.2) is 22.9 Å². The molecule has 0 aromatic carbocycles. The van der Waals surface area contributed by atoms with E-state index in [0.29, 0.717) is 6.26 Å². The van der Waals surface area contributed by atoms with Crippen molar-refractivity contribution in [3.63, 3.8) is 0 Å². The van der Waals surface area contributed by atoms with Gasteiger partial charge in [0.1, 0.15) is 0 Å². The fourth-order valence-electron chi connectivity index (χ4n) is 0.227. The first kappa shape index (κ1) is 15.1. The van der Waals surface area contributed by atoms with Crippen LogP contribution in [0.2, 0.25) is 0 Å². The molecule has 4 nitrogen and oxygen atoms in total. The normalized spacial score (nSPS) is 8.92. The summed E-state index contributed by atoms with van der Waals surface area (Å²) in [6, 6.07) is 4.04. The van der Waals surface area contributed by atoms with Crippen LogP contribution in [0, 0.1) is 0 Å². The predicted octanol–water partition coefficient (Wildman–Crippen LogP) is 1.25. The summed E-state index contributed by atoms with van der Waals surface area (Å²) in [7, 11) is -3.67. The van der Waals surface area contributed by atoms with Gasteiger partial charge in [0, 0.05) is 6.61 Å². The van der Waals surface area contributed by atoms with Crippen LogP contribution < -0.4 is 0 Å². The van der Waals surface area contributed by atoms with Gasteiger partial charge in [-0.25, -0.2) is 0 Å². The minimum Gasteiger partial charge on any atom is -0.397 e. The highest BCUT2D eigenvalue weighted by Crippen LogP contribution is 1.91. The van der Waals surface area contributed by atoms with Crippen molar-refractivity contribution in [2.24, 2.45) is 0 Å². The zero-order valence-electron chi connectivity index (χ0n) is 7.54. The molecule has 0 saturated heterocycles. The lowest BCUT2D eigenvalue weighted by Gasteiger charge is -1.69. The van der Waals surface area contributed by atoms with Crippen LogP contribution in [0.5, 0.6) is 0 Å². The first-order valence-corrected chi connectivity index (χ1v) is 6.21. The Morgan fingerprint density at radius 3 is 1.62 bits per heavy atom. The van der Waals surface area contributed by atoms with E-state index < -0.39 is 10.1 Å². The maximum absolute atomic E-state index is 9.19. The SMILES string of the molecule is CCO.CS(=O)(=O)O.c1ccsc1. The quantitative estimate of drug-likeness (QED) is 0.653. The highest BCUT2D eigenvalue weighted by atomic mass is 32.2. The maximum Gasteiger partial charge on any atom is 0.261 e. The Morgan fingerprint density at radius 1 is 1.31 bits per heavy atom. The summed E-state index contributed by atoms with van der Waals surface area (Å²) < 4.78 is 25.9. The first-order valence-electron chi connectivity index (χ1n) is 3.42. The van der Waals surface area contributed by atoms with Crippen molar-refractivity contribution in [2.75, 3.05) is 12.9 Å². The molecule has 0 fully saturated rings. The summed E-state index contributed by atoms with van der Waals surface area (Å²) in [5, 5.41) is 11.7. The molecule has 13 heavy (non-hydrogen) atoms. The van der Waals surface area contributed by atoms with Gasteiger partial charge in [0.05, 0.1) is 6.26 Å². The van der Waals surface area contributed by atoms with Gasteiger partial charge in [-0.2, -0.15) is 19.8 Å². The third-order valence-electron chi connectivity index (χ3n) is 0.425. The van der Waals surface area contributed by atoms with E-state index >= 15 is 0 Å². The standard InChI is InChI=1S/C4H4S.C2H6O.CH4O3S/c1-2-4-5-3-1;1-2-3;1-5(2,3)4/h1-4H;3H,2H2,1H3;1H3,(H,2,3,4). The van der Waals surface area contributed by atoms with Crippen LogP contribution in [0.25, 0.3) is 0 Å². The van der Waals surface area contributed by atoms with Gasteiger partial charge < -0.3 is 5.11 Å². The maximum atomic E-state index is 9.19. The fourth-order valence-corrected chi connectivity index (χ4v) is 0.680. The lowest BCUT2D eigenvalue weighted by atomic mass is 10.7. The van der Waals surface area contributed by atoms with Crippen molar-refractivity contribution in [2.45, 2.75) is 6.92 Å². The minimum absolute atomic E-state index is 0.250. The highest BCUT2D eigenvalue weighted by Gasteiger charge is 1.81. The van der Waals surface area contributed by atoms with Crippen LogP contribution in [0.1, 0.15) is 6.92 Å². The molecule has 0 saturated carbocycles. The molecule has 0 spiro atoms. The summed E-state index contributed by atoms with van der Waals surface area (Å²) in [5.41, 5.74) is 0. The molecule has 1 heterocycles. The van der Waals surface area contributed by atoms with Crippen molar-refractivity contribution in [3.8, 4) is 0 Å². The van der Waals surface area contributed by atoms with Crippen molar-refractivity contribution < 1.29 is 18.1 Å². The number of thiophene rings is 1. The number of rotatable bonds is 0. The third kappa shape index (κ3) is 50.7. The van der Waals surface area contributed by atoms with Crippen LogP contribution in [-0.2, 0) is 10.1 Å². The van der Waals surface area contributed by atoms with E-state index in [1.54, 1.807) is 18.3 Å². The Morgan fingerprint density at radius 2 is 1.54 bits per heavy atom. The summed E-state index contributed by atoms with van der Waals surface area (Å²) in [6.45, 7) is 1.93. The monoisotopic (exact) mass is 226 g/mol. The number of aliphatic hydroxyl groups is 1. The van der Waals surface area contributed by atoms with Crippen LogP contribution in [0.4, 0.5) is 0 Å². The molecule has 6 heteroatoms. The molecule has 0 bridgehead atoms. The van der Waals surface area contributed by atoms with Crippen molar-refractivity contribution in [1.82, 2.24) is 0 Å². The molecule has 0 atom stereocenters. The Labute approximate surface area is 82.6 Å². The molecule has 0 aliphatic carbocycles. The van der Waals surface area contributed by atoms with Crippen LogP contribution in [-0.4, -0.2) is 30.9 Å². The van der Waals surface area contributed by atoms with Gasteiger partial charge in [-0.3, -0.25) is 4.55 Å². The van der Waals surface area contributed by atoms with E-state index in [1.165, 1.54) is 0 Å². The average molecular weight is 226 g/mol. The second-order valence-electron chi connectivity index (χ2n) is 1.84. The van der Waals surface area contributed by atoms with Gasteiger partial charge in [0.2, 0.25) is 0 Å². The van der Waals surface area contributed by atoms with Crippen LogP contribution >= 0.6 is 11.3 Å². The summed E-state index contributed by atoms with van der Waals surface area (Å²) in [5.74, 6) is 0. The fraction of sp³-hybridized carbons (Fsp3) is 0.429. The zero-order valence-corrected chi connectivity index (χ0v) is 9.18. The van der Waals surface area contributed by atoms with E-state index in [4.69, 9.17) is 9.66 Å². The van der Waals surface area contributed by atoms with Crippen molar-refractivity contribution in [1.29, 1.82) is 0 Å². The summed E-state index contributed by atoms with van der Waals surface area (Å²) in [4.78, 5) is 0. The van der Waals surface area contributed by atoms with E-state index in [2.05, 4.69) is 0 Å². The minimum atomic E-state index is -3.67. The lowest BCUT2D eigenvalue weighted by Crippen LogP contribution is -1.88. The Bertz CT molecular complexity index is 227. The predicted molar refractivity (Wildman–Crippen MR) is 54.6 cm³/mol. The molecular formula is C7H14O4S2. The van der Waals surface area contributed by atoms with Gasteiger partial charge in [-0.1, -0.05) is 12.1 Å². The Balaban J connectivity index is 0. The average Bonchev–Trinajstić information content (AvgIpc) is 2.36. The summed E-state index contributed by atoms with van der Waals surface area (Å²) >= 11 is 1.71. The zero-order chi connectivity index (χ0) is 10.7. The molecular weight excluding hydrogens is 212 g/mol. The molecule has 0 radical (unpaired) electrons. The molecule has 0 aliphatic rings. The molecule has 0 aliphatic heterocycles. The number of aliphatic hydroxyl groups excluding tert-OH is 1. The smallest absolute Gasteiger partial charge is 0.261 e. The van der Waals surface area contributed by atoms with Crippen LogP contribution in [0.3, 0.4) is 0 Å². The Kier molecular flexibility index (Phi) is 11.2. The second kappa shape index (κ2) is 9.66. The molecule has 1 aromatic rings. The molecule has 0 amide bonds. The molecule has 2 N–H and O–H groups in total. The van der Waals surface area contributed by atoms with Gasteiger partial charge >= 0.3 is 0 Å². The number of hydrogen-bond acceptors (Lipinski definition) is 4. The molecule has 1 rings (SSSR count). The largest absolute Gasteiger partial charge is 0.397 e. The summed E-state index contributed by atoms with van der Waals surface area (Å²) in [6.07, 6.45) is 0.715. The van der Waals surface area contributed by atoms with Crippen molar-refractivity contribution >= 4 is 21.5 Å². The first-order chi connectivity index (χ1) is 5.91. The van der Waals surface area contributed by atoms with E-state index in [1.807, 2.05) is 22.9 Å². The topological polar surface area (TPSA) is 74.6 Å².